The predicted octanol–water partition coefficient (Wildman–Crippen LogP) is 2.56. The molecule has 3 heterocycles. The third-order valence-corrected chi connectivity index (χ3v) is 4.90. The summed E-state index contributed by atoms with van der Waals surface area (Å²) in [7, 11) is 0. The number of rotatable bonds is 6. The van der Waals surface area contributed by atoms with E-state index in [0.29, 0.717) is 34.9 Å². The molecule has 2 aromatic carbocycles. The second-order valence-electron chi connectivity index (χ2n) is 7.09. The zero-order valence-electron chi connectivity index (χ0n) is 16.8. The highest BCUT2D eigenvalue weighted by molar-refractivity contribution is 5.92. The van der Waals surface area contributed by atoms with Crippen molar-refractivity contribution in [2.75, 3.05) is 6.79 Å². The summed E-state index contributed by atoms with van der Waals surface area (Å²) in [5, 5.41) is 3.18. The molecule has 1 aliphatic heterocycles. The number of hydrogen-bond acceptors (Lipinski definition) is 7. The number of hydrogen-bond donors (Lipinski definition) is 2. The summed E-state index contributed by atoms with van der Waals surface area (Å²) in [6, 6.07) is 16.0. The summed E-state index contributed by atoms with van der Waals surface area (Å²) in [6.45, 7) is 0.748. The van der Waals surface area contributed by atoms with Crippen molar-refractivity contribution in [3.8, 4) is 17.4 Å². The zero-order chi connectivity index (χ0) is 21.9. The van der Waals surface area contributed by atoms with Gasteiger partial charge in [0.15, 0.2) is 17.3 Å². The van der Waals surface area contributed by atoms with Crippen molar-refractivity contribution in [3.05, 3.63) is 88.1 Å². The summed E-state index contributed by atoms with van der Waals surface area (Å²) in [5.41, 5.74) is 1.81. The van der Waals surface area contributed by atoms with Crippen molar-refractivity contribution in [3.63, 3.8) is 0 Å². The summed E-state index contributed by atoms with van der Waals surface area (Å²) in [4.78, 5) is 35.6. The molecule has 0 bridgehead atoms. The highest BCUT2D eigenvalue weighted by atomic mass is 16.7. The average molecular weight is 430 g/mol. The van der Waals surface area contributed by atoms with Gasteiger partial charge in [0.1, 0.15) is 6.61 Å². The van der Waals surface area contributed by atoms with Crippen molar-refractivity contribution in [1.82, 2.24) is 20.3 Å². The third-order valence-electron chi connectivity index (χ3n) is 4.90. The van der Waals surface area contributed by atoms with Crippen LogP contribution in [0.15, 0.2) is 65.6 Å². The Morgan fingerprint density at radius 1 is 1.06 bits per heavy atom. The Morgan fingerprint density at radius 3 is 2.88 bits per heavy atom. The van der Waals surface area contributed by atoms with Crippen molar-refractivity contribution < 1.29 is 19.0 Å². The molecule has 2 aromatic heterocycles. The van der Waals surface area contributed by atoms with Gasteiger partial charge in [-0.2, -0.15) is 0 Å². The standard InChI is InChI=1S/C23H18N4O5/c28-22-16-3-1-2-4-17(16)26-21(27-22)23(29)25-11-14-7-8-24-20(10-14)30-12-15-5-6-18-19(9-15)32-13-31-18/h1-10H,11-13H2,(H,25,29)(H,26,27,28). The molecule has 5 rings (SSSR count). The second-order valence-corrected chi connectivity index (χ2v) is 7.09. The van der Waals surface area contributed by atoms with Crippen molar-refractivity contribution in [2.24, 2.45) is 0 Å². The fourth-order valence-corrected chi connectivity index (χ4v) is 3.29. The summed E-state index contributed by atoms with van der Waals surface area (Å²) >= 11 is 0. The zero-order valence-corrected chi connectivity index (χ0v) is 16.8. The number of para-hydroxylation sites is 1. The van der Waals surface area contributed by atoms with Gasteiger partial charge in [-0.25, -0.2) is 9.97 Å². The van der Waals surface area contributed by atoms with Crippen molar-refractivity contribution in [2.45, 2.75) is 13.2 Å². The van der Waals surface area contributed by atoms with Gasteiger partial charge < -0.3 is 24.5 Å². The third kappa shape index (κ3) is 4.08. The molecule has 32 heavy (non-hydrogen) atoms. The molecule has 0 spiro atoms. The number of amides is 1. The van der Waals surface area contributed by atoms with Crippen LogP contribution in [0.2, 0.25) is 0 Å². The Kier molecular flexibility index (Phi) is 5.12. The van der Waals surface area contributed by atoms with Gasteiger partial charge in [-0.1, -0.05) is 18.2 Å². The first-order valence-electron chi connectivity index (χ1n) is 9.89. The van der Waals surface area contributed by atoms with Crippen molar-refractivity contribution >= 4 is 16.8 Å². The first-order chi connectivity index (χ1) is 15.7. The van der Waals surface area contributed by atoms with Crippen LogP contribution in [0.1, 0.15) is 21.7 Å². The molecule has 0 unspecified atom stereocenters. The van der Waals surface area contributed by atoms with Crippen LogP contribution in [0.4, 0.5) is 0 Å². The van der Waals surface area contributed by atoms with E-state index >= 15 is 0 Å². The van der Waals surface area contributed by atoms with E-state index in [9.17, 15) is 9.59 Å². The molecule has 160 valence electrons. The lowest BCUT2D eigenvalue weighted by Crippen LogP contribution is -2.27. The van der Waals surface area contributed by atoms with Crippen LogP contribution < -0.4 is 25.1 Å². The van der Waals surface area contributed by atoms with E-state index in [1.54, 1.807) is 42.6 Å². The highest BCUT2D eigenvalue weighted by Crippen LogP contribution is 2.32. The lowest BCUT2D eigenvalue weighted by atomic mass is 10.2. The number of fused-ring (bicyclic) bond motifs is 2. The summed E-state index contributed by atoms with van der Waals surface area (Å²) in [5.74, 6) is 1.31. The predicted molar refractivity (Wildman–Crippen MR) is 115 cm³/mol. The number of carbonyl (C=O) groups excluding carboxylic acids is 1. The molecule has 0 atom stereocenters. The number of pyridine rings is 1. The maximum atomic E-state index is 12.5. The van der Waals surface area contributed by atoms with Crippen LogP contribution in [-0.2, 0) is 13.2 Å². The maximum Gasteiger partial charge on any atom is 0.287 e. The summed E-state index contributed by atoms with van der Waals surface area (Å²) in [6.07, 6.45) is 1.60. The highest BCUT2D eigenvalue weighted by Gasteiger charge is 2.14. The van der Waals surface area contributed by atoms with Gasteiger partial charge in [0, 0.05) is 18.8 Å². The average Bonchev–Trinajstić information content (AvgIpc) is 3.29. The van der Waals surface area contributed by atoms with Gasteiger partial charge in [-0.3, -0.25) is 9.59 Å². The fraction of sp³-hybridized carbons (Fsp3) is 0.130. The molecule has 9 heteroatoms. The second kappa shape index (κ2) is 8.38. The van der Waals surface area contributed by atoms with Gasteiger partial charge in [-0.15, -0.1) is 0 Å². The lowest BCUT2D eigenvalue weighted by Gasteiger charge is -2.09. The van der Waals surface area contributed by atoms with Gasteiger partial charge >= 0.3 is 0 Å². The van der Waals surface area contributed by atoms with Crippen LogP contribution in [0.25, 0.3) is 10.9 Å². The minimum absolute atomic E-state index is 0.0398. The van der Waals surface area contributed by atoms with E-state index in [4.69, 9.17) is 14.2 Å². The quantitative estimate of drug-likeness (QED) is 0.483. The molecule has 1 amide bonds. The topological polar surface area (TPSA) is 115 Å². The Hall–Kier alpha value is -4.40. The van der Waals surface area contributed by atoms with Gasteiger partial charge in [0.2, 0.25) is 12.7 Å². The molecule has 4 aromatic rings. The molecule has 0 fully saturated rings. The number of nitrogens with zero attached hydrogens (tertiary/aromatic N) is 2. The number of aromatic amines is 1. The molecule has 0 saturated heterocycles. The van der Waals surface area contributed by atoms with Crippen LogP contribution in [0.3, 0.4) is 0 Å². The summed E-state index contributed by atoms with van der Waals surface area (Å²) < 4.78 is 16.4. The number of ether oxygens (including phenoxy) is 3. The van der Waals surface area contributed by atoms with Crippen molar-refractivity contribution in [1.29, 1.82) is 0 Å². The largest absolute Gasteiger partial charge is 0.473 e. The van der Waals surface area contributed by atoms with E-state index < -0.39 is 5.91 Å². The molecule has 0 radical (unpaired) electrons. The Labute approximate surface area is 182 Å². The molecule has 0 aliphatic carbocycles. The maximum absolute atomic E-state index is 12.5. The van der Waals surface area contributed by atoms with E-state index in [1.807, 2.05) is 18.2 Å². The fourth-order valence-electron chi connectivity index (χ4n) is 3.29. The first-order valence-corrected chi connectivity index (χ1v) is 9.89. The van der Waals surface area contributed by atoms with Crippen LogP contribution in [-0.4, -0.2) is 27.7 Å². The van der Waals surface area contributed by atoms with E-state index in [1.165, 1.54) is 0 Å². The van der Waals surface area contributed by atoms with Gasteiger partial charge in [-0.05, 0) is 41.5 Å². The minimum Gasteiger partial charge on any atom is -0.473 e. The van der Waals surface area contributed by atoms with Crippen LogP contribution in [0, 0.1) is 0 Å². The molecule has 1 aliphatic rings. The van der Waals surface area contributed by atoms with Gasteiger partial charge in [0.05, 0.1) is 10.9 Å². The molecule has 2 N–H and O–H groups in total. The monoisotopic (exact) mass is 430 g/mol. The van der Waals surface area contributed by atoms with E-state index in [2.05, 4.69) is 20.3 Å². The minimum atomic E-state index is -0.479. The molecule has 0 saturated carbocycles. The Morgan fingerprint density at radius 2 is 1.94 bits per heavy atom. The lowest BCUT2D eigenvalue weighted by molar-refractivity contribution is 0.0940. The first kappa shape index (κ1) is 19.6. The SMILES string of the molecule is O=C(NCc1ccnc(OCc2ccc3c(c2)OCO3)c1)c1nc2ccccc2c(=O)[nH]1. The normalized spacial score (nSPS) is 12.0. The molecule has 9 nitrogen and oxygen atoms in total. The number of aromatic nitrogens is 3. The smallest absolute Gasteiger partial charge is 0.287 e. The van der Waals surface area contributed by atoms with E-state index in [-0.39, 0.29) is 24.7 Å². The number of H-pyrrole nitrogens is 1. The number of nitrogens with one attached hydrogen (secondary N) is 2. The van der Waals surface area contributed by atoms with Gasteiger partial charge in [0.25, 0.3) is 11.5 Å². The number of carbonyl (C=O) groups is 1. The Balaban J connectivity index is 1.22. The molecular weight excluding hydrogens is 412 g/mol. The van der Waals surface area contributed by atoms with Crippen LogP contribution >= 0.6 is 0 Å². The Bertz CT molecular complexity index is 1370. The molecular formula is C23H18N4O5. The van der Waals surface area contributed by atoms with Crippen LogP contribution in [0.5, 0.6) is 17.4 Å². The van der Waals surface area contributed by atoms with E-state index in [0.717, 1.165) is 11.1 Å². The number of benzene rings is 2.